The number of hydrogen-bond acceptors (Lipinski definition) is 6. The average molecular weight is 759 g/mol. The number of ether oxygens (including phenoxy) is 3. The van der Waals surface area contributed by atoms with Gasteiger partial charge in [-0.15, -0.1) is 0 Å². The molecule has 0 N–H and O–H groups in total. The van der Waals surface area contributed by atoms with Crippen molar-refractivity contribution >= 4 is 17.9 Å². The van der Waals surface area contributed by atoms with E-state index < -0.39 is 6.10 Å². The van der Waals surface area contributed by atoms with Crippen LogP contribution >= 0.6 is 0 Å². The zero-order chi connectivity index (χ0) is 39.4. The molecular weight excluding hydrogens is 673 g/mol. The molecular formula is C48H86O6. The van der Waals surface area contributed by atoms with Crippen molar-refractivity contribution < 1.29 is 28.6 Å². The van der Waals surface area contributed by atoms with E-state index in [0.717, 1.165) is 77.0 Å². The van der Waals surface area contributed by atoms with Crippen molar-refractivity contribution in [2.24, 2.45) is 0 Å². The molecule has 54 heavy (non-hydrogen) atoms. The van der Waals surface area contributed by atoms with Gasteiger partial charge in [-0.2, -0.15) is 0 Å². The van der Waals surface area contributed by atoms with Crippen LogP contribution in [0.15, 0.2) is 36.5 Å². The maximum atomic E-state index is 12.6. The molecule has 0 aromatic heterocycles. The van der Waals surface area contributed by atoms with Gasteiger partial charge < -0.3 is 14.2 Å². The van der Waals surface area contributed by atoms with Crippen LogP contribution in [0.4, 0.5) is 0 Å². The number of carbonyl (C=O) groups excluding carboxylic acids is 3. The third-order valence-corrected chi connectivity index (χ3v) is 9.96. The summed E-state index contributed by atoms with van der Waals surface area (Å²) in [4.78, 5) is 37.6. The SMILES string of the molecule is CCCCCCC\C=C/C=C\C=C/CCCCCCCC(=O)OCC(COC(=O)CCCCCCCCCCC)OC(=O)CCCCCCCCCCC. The minimum absolute atomic E-state index is 0.0762. The summed E-state index contributed by atoms with van der Waals surface area (Å²) in [6, 6.07) is 0. The van der Waals surface area contributed by atoms with Gasteiger partial charge in [0.1, 0.15) is 13.2 Å². The topological polar surface area (TPSA) is 78.9 Å². The number of carbonyl (C=O) groups is 3. The predicted octanol–water partition coefficient (Wildman–Crippen LogP) is 14.6. The lowest BCUT2D eigenvalue weighted by Gasteiger charge is -2.18. The molecule has 1 unspecified atom stereocenters. The van der Waals surface area contributed by atoms with Crippen LogP contribution in [0.3, 0.4) is 0 Å². The van der Waals surface area contributed by atoms with Gasteiger partial charge >= 0.3 is 17.9 Å². The molecule has 0 saturated heterocycles. The van der Waals surface area contributed by atoms with Gasteiger partial charge in [-0.05, 0) is 44.9 Å². The largest absolute Gasteiger partial charge is 0.462 e. The summed E-state index contributed by atoms with van der Waals surface area (Å²) >= 11 is 0. The van der Waals surface area contributed by atoms with Gasteiger partial charge in [0, 0.05) is 19.3 Å². The van der Waals surface area contributed by atoms with E-state index in [1.165, 1.54) is 116 Å². The van der Waals surface area contributed by atoms with Crippen LogP contribution in [0.5, 0.6) is 0 Å². The molecule has 0 aromatic carbocycles. The van der Waals surface area contributed by atoms with Gasteiger partial charge in [0.25, 0.3) is 0 Å². The quantitative estimate of drug-likeness (QED) is 0.0267. The molecule has 0 spiro atoms. The molecule has 0 bridgehead atoms. The Hall–Kier alpha value is -2.37. The lowest BCUT2D eigenvalue weighted by atomic mass is 10.1. The van der Waals surface area contributed by atoms with Crippen molar-refractivity contribution in [3.63, 3.8) is 0 Å². The summed E-state index contributed by atoms with van der Waals surface area (Å²) in [6.45, 7) is 6.56. The number of esters is 3. The standard InChI is InChI=1S/C48H86O6/c1-4-7-10-13-16-19-20-21-22-23-24-25-26-27-30-32-35-38-41-47(50)53-44-45(54-48(51)42-39-36-33-29-18-15-12-9-6-3)43-52-46(49)40-37-34-31-28-17-14-11-8-5-2/h20-25,45H,4-19,26-44H2,1-3H3/b21-20-,23-22-,25-24-. The van der Waals surface area contributed by atoms with E-state index in [2.05, 4.69) is 57.2 Å². The van der Waals surface area contributed by atoms with E-state index in [9.17, 15) is 14.4 Å². The Morgan fingerprint density at radius 1 is 0.370 bits per heavy atom. The summed E-state index contributed by atoms with van der Waals surface area (Å²) in [6.07, 6.45) is 48.4. The van der Waals surface area contributed by atoms with Gasteiger partial charge in [-0.1, -0.05) is 205 Å². The molecule has 0 aliphatic rings. The molecule has 0 aliphatic heterocycles. The summed E-state index contributed by atoms with van der Waals surface area (Å²) < 4.78 is 16.6. The first kappa shape index (κ1) is 51.6. The van der Waals surface area contributed by atoms with Gasteiger partial charge in [0.2, 0.25) is 0 Å². The van der Waals surface area contributed by atoms with Crippen molar-refractivity contribution in [1.29, 1.82) is 0 Å². The summed E-state index contributed by atoms with van der Waals surface area (Å²) in [5.41, 5.74) is 0. The number of unbranched alkanes of at least 4 members (excludes halogenated alkanes) is 26. The zero-order valence-corrected chi connectivity index (χ0v) is 35.7. The molecule has 0 saturated carbocycles. The van der Waals surface area contributed by atoms with Gasteiger partial charge in [-0.3, -0.25) is 14.4 Å². The molecule has 6 heteroatoms. The van der Waals surface area contributed by atoms with E-state index in [-0.39, 0.29) is 31.1 Å². The maximum absolute atomic E-state index is 12.6. The van der Waals surface area contributed by atoms with Crippen LogP contribution in [0.2, 0.25) is 0 Å². The van der Waals surface area contributed by atoms with Crippen LogP contribution in [-0.2, 0) is 28.6 Å². The van der Waals surface area contributed by atoms with E-state index in [4.69, 9.17) is 14.2 Å². The second kappa shape index (κ2) is 43.4. The first-order valence-corrected chi connectivity index (χ1v) is 23.0. The maximum Gasteiger partial charge on any atom is 0.306 e. The first-order valence-electron chi connectivity index (χ1n) is 23.0. The van der Waals surface area contributed by atoms with Crippen LogP contribution in [0, 0.1) is 0 Å². The molecule has 1 atom stereocenters. The fourth-order valence-corrected chi connectivity index (χ4v) is 6.44. The van der Waals surface area contributed by atoms with Gasteiger partial charge in [-0.25, -0.2) is 0 Å². The highest BCUT2D eigenvalue weighted by molar-refractivity contribution is 5.71. The summed E-state index contributed by atoms with van der Waals surface area (Å²) in [5.74, 6) is -0.899. The van der Waals surface area contributed by atoms with Crippen molar-refractivity contribution in [2.75, 3.05) is 13.2 Å². The Kier molecular flexibility index (Phi) is 41.5. The van der Waals surface area contributed by atoms with E-state index in [0.29, 0.717) is 19.3 Å². The van der Waals surface area contributed by atoms with Crippen LogP contribution in [0.1, 0.15) is 233 Å². The van der Waals surface area contributed by atoms with Crippen molar-refractivity contribution in [3.8, 4) is 0 Å². The minimum Gasteiger partial charge on any atom is -0.462 e. The Bertz CT molecular complexity index is 922. The highest BCUT2D eigenvalue weighted by atomic mass is 16.6. The summed E-state index contributed by atoms with van der Waals surface area (Å²) in [7, 11) is 0. The highest BCUT2D eigenvalue weighted by Crippen LogP contribution is 2.14. The zero-order valence-electron chi connectivity index (χ0n) is 35.7. The minimum atomic E-state index is -0.772. The monoisotopic (exact) mass is 759 g/mol. The van der Waals surface area contributed by atoms with Crippen LogP contribution < -0.4 is 0 Å². The molecule has 0 radical (unpaired) electrons. The molecule has 314 valence electrons. The third kappa shape index (κ3) is 40.8. The molecule has 0 amide bonds. The second-order valence-corrected chi connectivity index (χ2v) is 15.4. The van der Waals surface area contributed by atoms with E-state index in [1.807, 2.05) is 0 Å². The number of allylic oxidation sites excluding steroid dienone is 6. The number of hydrogen-bond donors (Lipinski definition) is 0. The highest BCUT2D eigenvalue weighted by Gasteiger charge is 2.19. The first-order chi connectivity index (χ1) is 26.5. The molecule has 0 heterocycles. The molecule has 0 fully saturated rings. The lowest BCUT2D eigenvalue weighted by Crippen LogP contribution is -2.30. The van der Waals surface area contributed by atoms with Crippen LogP contribution in [-0.4, -0.2) is 37.2 Å². The average Bonchev–Trinajstić information content (AvgIpc) is 3.17. The fraction of sp³-hybridized carbons (Fsp3) is 0.812. The fourth-order valence-electron chi connectivity index (χ4n) is 6.44. The van der Waals surface area contributed by atoms with E-state index >= 15 is 0 Å². The third-order valence-electron chi connectivity index (χ3n) is 9.96. The van der Waals surface area contributed by atoms with Crippen molar-refractivity contribution in [2.45, 2.75) is 239 Å². The Balaban J connectivity index is 4.32. The molecule has 6 nitrogen and oxygen atoms in total. The number of rotatable bonds is 41. The van der Waals surface area contributed by atoms with Crippen molar-refractivity contribution in [1.82, 2.24) is 0 Å². The lowest BCUT2D eigenvalue weighted by molar-refractivity contribution is -0.167. The Morgan fingerprint density at radius 2 is 0.667 bits per heavy atom. The van der Waals surface area contributed by atoms with Crippen LogP contribution in [0.25, 0.3) is 0 Å². The second-order valence-electron chi connectivity index (χ2n) is 15.4. The van der Waals surface area contributed by atoms with E-state index in [1.54, 1.807) is 0 Å². The molecule has 0 aromatic rings. The smallest absolute Gasteiger partial charge is 0.306 e. The Morgan fingerprint density at radius 3 is 1.02 bits per heavy atom. The predicted molar refractivity (Wildman–Crippen MR) is 229 cm³/mol. The molecule has 0 aliphatic carbocycles. The van der Waals surface area contributed by atoms with Gasteiger partial charge in [0.05, 0.1) is 0 Å². The Labute approximate surface area is 334 Å². The van der Waals surface area contributed by atoms with Gasteiger partial charge in [0.15, 0.2) is 6.10 Å². The van der Waals surface area contributed by atoms with Crippen molar-refractivity contribution in [3.05, 3.63) is 36.5 Å². The summed E-state index contributed by atoms with van der Waals surface area (Å²) in [5, 5.41) is 0. The normalized spacial score (nSPS) is 12.3. The molecule has 0 rings (SSSR count).